The van der Waals surface area contributed by atoms with E-state index in [1.54, 1.807) is 13.9 Å². The summed E-state index contributed by atoms with van der Waals surface area (Å²) in [5.41, 5.74) is 3.93. The molecule has 0 aliphatic carbocycles. The van der Waals surface area contributed by atoms with Gasteiger partial charge in [-0.1, -0.05) is 18.2 Å². The number of para-hydroxylation sites is 1. The smallest absolute Gasteiger partial charge is 0.257 e. The minimum atomic E-state index is -3.52. The van der Waals surface area contributed by atoms with E-state index in [1.807, 2.05) is 45.2 Å². The van der Waals surface area contributed by atoms with Gasteiger partial charge in [0.25, 0.3) is 5.91 Å². The van der Waals surface area contributed by atoms with Crippen molar-refractivity contribution in [3.8, 4) is 0 Å². The Hall–Kier alpha value is -2.35. The lowest BCUT2D eigenvalue weighted by Gasteiger charge is -2.35. The summed E-state index contributed by atoms with van der Waals surface area (Å²) in [6.45, 7) is 4.97. The Morgan fingerprint density at radius 2 is 1.93 bits per heavy atom. The second-order valence-electron chi connectivity index (χ2n) is 7.68. The molecule has 28 heavy (non-hydrogen) atoms. The van der Waals surface area contributed by atoms with E-state index in [4.69, 9.17) is 0 Å². The van der Waals surface area contributed by atoms with Crippen LogP contribution in [-0.4, -0.2) is 53.9 Å². The van der Waals surface area contributed by atoms with E-state index in [1.165, 1.54) is 0 Å². The monoisotopic (exact) mass is 402 g/mol. The maximum absolute atomic E-state index is 13.4. The van der Waals surface area contributed by atoms with Gasteiger partial charge in [0.1, 0.15) is 0 Å². The fourth-order valence-electron chi connectivity index (χ4n) is 4.36. The highest BCUT2D eigenvalue weighted by Gasteiger charge is 2.39. The highest BCUT2D eigenvalue weighted by Crippen LogP contribution is 2.33. The van der Waals surface area contributed by atoms with E-state index in [9.17, 15) is 13.2 Å². The van der Waals surface area contributed by atoms with Crippen LogP contribution in [0.3, 0.4) is 0 Å². The van der Waals surface area contributed by atoms with E-state index in [-0.39, 0.29) is 12.5 Å². The van der Waals surface area contributed by atoms with Gasteiger partial charge in [0.2, 0.25) is 10.0 Å². The van der Waals surface area contributed by atoms with Crippen LogP contribution < -0.4 is 4.31 Å². The zero-order chi connectivity index (χ0) is 20.1. The lowest BCUT2D eigenvalue weighted by Crippen LogP contribution is -2.49. The number of rotatable bonds is 3. The maximum Gasteiger partial charge on any atom is 0.257 e. The summed E-state index contributed by atoms with van der Waals surface area (Å²) >= 11 is 0. The number of sulfonamides is 1. The molecule has 2 aliphatic rings. The number of likely N-dealkylation sites (tertiary alicyclic amines) is 1. The Balaban J connectivity index is 1.58. The number of piperidine rings is 1. The number of nitrogens with zero attached hydrogens (tertiary/aromatic N) is 4. The minimum absolute atomic E-state index is 0.121. The van der Waals surface area contributed by atoms with Crippen LogP contribution in [0.4, 0.5) is 5.69 Å². The number of fused-ring (bicyclic) bond motifs is 1. The molecular weight excluding hydrogens is 376 g/mol. The van der Waals surface area contributed by atoms with E-state index < -0.39 is 15.3 Å². The van der Waals surface area contributed by atoms with E-state index in [0.29, 0.717) is 37.2 Å². The van der Waals surface area contributed by atoms with Gasteiger partial charge in [0.15, 0.2) is 0 Å². The molecule has 0 unspecified atom stereocenters. The van der Waals surface area contributed by atoms with Gasteiger partial charge in [-0.2, -0.15) is 5.10 Å². The number of hydrogen-bond donors (Lipinski definition) is 0. The molecule has 0 saturated carbocycles. The first-order chi connectivity index (χ1) is 13.3. The maximum atomic E-state index is 13.4. The van der Waals surface area contributed by atoms with Crippen molar-refractivity contribution >= 4 is 21.6 Å². The molecule has 0 N–H and O–H groups in total. The fraction of sp³-hybridized carbons (Fsp3) is 0.500. The summed E-state index contributed by atoms with van der Waals surface area (Å²) in [6.07, 6.45) is 2.00. The number of anilines is 1. The van der Waals surface area contributed by atoms with Crippen LogP contribution in [0.25, 0.3) is 0 Å². The molecule has 0 spiro atoms. The van der Waals surface area contributed by atoms with Gasteiger partial charge in [-0.05, 0) is 44.7 Å². The van der Waals surface area contributed by atoms with Crippen LogP contribution in [0.5, 0.6) is 0 Å². The molecule has 1 aromatic heterocycles. The Bertz CT molecular complexity index is 1030. The van der Waals surface area contributed by atoms with E-state index in [2.05, 4.69) is 5.10 Å². The lowest BCUT2D eigenvalue weighted by molar-refractivity contribution is 0.0725. The Morgan fingerprint density at radius 1 is 1.18 bits per heavy atom. The normalized spacial score (nSPS) is 19.8. The highest BCUT2D eigenvalue weighted by atomic mass is 32.2. The topological polar surface area (TPSA) is 75.5 Å². The molecule has 7 nitrogen and oxygen atoms in total. The third-order valence-electron chi connectivity index (χ3n) is 5.96. The zero-order valence-corrected chi connectivity index (χ0v) is 17.4. The van der Waals surface area contributed by atoms with Crippen molar-refractivity contribution in [2.24, 2.45) is 7.05 Å². The van der Waals surface area contributed by atoms with Crippen molar-refractivity contribution in [1.29, 1.82) is 0 Å². The summed E-state index contributed by atoms with van der Waals surface area (Å²) in [6, 6.07) is 7.66. The lowest BCUT2D eigenvalue weighted by atomic mass is 10.1. The predicted octanol–water partition coefficient (Wildman–Crippen LogP) is 2.03. The largest absolute Gasteiger partial charge is 0.337 e. The van der Waals surface area contributed by atoms with Crippen molar-refractivity contribution in [2.45, 2.75) is 38.4 Å². The Morgan fingerprint density at radius 3 is 2.64 bits per heavy atom. The van der Waals surface area contributed by atoms with Crippen LogP contribution in [0, 0.1) is 13.8 Å². The number of aromatic nitrogens is 2. The molecule has 1 saturated heterocycles. The Labute approximate surface area is 166 Å². The number of benzene rings is 1. The van der Waals surface area contributed by atoms with E-state index >= 15 is 0 Å². The number of amides is 1. The van der Waals surface area contributed by atoms with Crippen LogP contribution in [-0.2, 0) is 23.5 Å². The van der Waals surface area contributed by atoms with Gasteiger partial charge in [-0.3, -0.25) is 13.8 Å². The molecule has 0 radical (unpaired) electrons. The summed E-state index contributed by atoms with van der Waals surface area (Å²) in [7, 11) is -1.71. The van der Waals surface area contributed by atoms with Gasteiger partial charge >= 0.3 is 0 Å². The van der Waals surface area contributed by atoms with Gasteiger partial charge < -0.3 is 4.90 Å². The number of aryl methyl sites for hydroxylation is 2. The molecule has 2 aliphatic heterocycles. The average Bonchev–Trinajstić information content (AvgIpc) is 3.22. The molecular formula is C20H26N4O3S. The molecule has 8 heteroatoms. The first kappa shape index (κ1) is 19.0. The summed E-state index contributed by atoms with van der Waals surface area (Å²) in [5.74, 6) is -0.121. The van der Waals surface area contributed by atoms with Crippen molar-refractivity contribution in [2.75, 3.05) is 23.9 Å². The zero-order valence-electron chi connectivity index (χ0n) is 16.6. The quantitative estimate of drug-likeness (QED) is 0.787. The second-order valence-corrected chi connectivity index (χ2v) is 9.82. The van der Waals surface area contributed by atoms with E-state index in [0.717, 1.165) is 23.4 Å². The molecule has 2 aromatic rings. The molecule has 3 heterocycles. The Kier molecular flexibility index (Phi) is 4.69. The van der Waals surface area contributed by atoms with Crippen LogP contribution in [0.15, 0.2) is 24.3 Å². The molecule has 1 amide bonds. The standard InChI is InChI=1S/C20H26N4O3S/c1-14-19(15(2)22(3)21-14)20(25)23-11-6-8-17(13-23)28(26,27)24-12-10-16-7-4-5-9-18(16)24/h4-5,7,9,17H,6,8,10-13H2,1-3H3/t17-/m1/s1. The molecule has 1 fully saturated rings. The van der Waals surface area contributed by atoms with Crippen molar-refractivity contribution in [3.05, 3.63) is 46.8 Å². The fourth-order valence-corrected chi connectivity index (χ4v) is 6.35. The van der Waals surface area contributed by atoms with Crippen LogP contribution >= 0.6 is 0 Å². The first-order valence-electron chi connectivity index (χ1n) is 9.69. The van der Waals surface area contributed by atoms with Gasteiger partial charge in [-0.15, -0.1) is 0 Å². The van der Waals surface area contributed by atoms with Gasteiger partial charge in [-0.25, -0.2) is 8.42 Å². The van der Waals surface area contributed by atoms with Crippen molar-refractivity contribution in [1.82, 2.24) is 14.7 Å². The molecule has 1 atom stereocenters. The van der Waals surface area contributed by atoms with Crippen LogP contribution in [0.2, 0.25) is 0 Å². The number of hydrogen-bond acceptors (Lipinski definition) is 4. The third kappa shape index (κ3) is 2.99. The second kappa shape index (κ2) is 6.92. The molecule has 0 bridgehead atoms. The summed E-state index contributed by atoms with van der Waals surface area (Å²) in [4.78, 5) is 14.8. The minimum Gasteiger partial charge on any atom is -0.337 e. The first-order valence-corrected chi connectivity index (χ1v) is 11.2. The number of carbonyl (C=O) groups excluding carboxylic acids is 1. The van der Waals surface area contributed by atoms with Crippen molar-refractivity contribution in [3.63, 3.8) is 0 Å². The van der Waals surface area contributed by atoms with Gasteiger partial charge in [0.05, 0.1) is 22.2 Å². The molecule has 1 aromatic carbocycles. The number of carbonyl (C=O) groups is 1. The molecule has 4 rings (SSSR count). The summed E-state index contributed by atoms with van der Waals surface area (Å²) < 4.78 is 30.0. The van der Waals surface area contributed by atoms with Crippen molar-refractivity contribution < 1.29 is 13.2 Å². The van der Waals surface area contributed by atoms with Gasteiger partial charge in [0, 0.05) is 32.4 Å². The van der Waals surface area contributed by atoms with Crippen LogP contribution in [0.1, 0.15) is 40.2 Å². The summed E-state index contributed by atoms with van der Waals surface area (Å²) in [5, 5.41) is 3.75. The SMILES string of the molecule is Cc1nn(C)c(C)c1C(=O)N1CCC[C@@H](S(=O)(=O)N2CCc3ccccc32)C1. The third-order valence-corrected chi connectivity index (χ3v) is 8.18. The predicted molar refractivity (Wildman–Crippen MR) is 108 cm³/mol. The average molecular weight is 403 g/mol. The molecule has 150 valence electrons. The highest BCUT2D eigenvalue weighted by molar-refractivity contribution is 7.93.